The Kier molecular flexibility index (Phi) is 4.51. The van der Waals surface area contributed by atoms with E-state index < -0.39 is 6.04 Å². The van der Waals surface area contributed by atoms with Crippen molar-refractivity contribution in [3.63, 3.8) is 0 Å². The minimum atomic E-state index is -0.613. The van der Waals surface area contributed by atoms with Crippen molar-refractivity contribution in [1.29, 1.82) is 0 Å². The van der Waals surface area contributed by atoms with E-state index >= 15 is 0 Å². The van der Waals surface area contributed by atoms with Gasteiger partial charge in [-0.25, -0.2) is 0 Å². The van der Waals surface area contributed by atoms with Gasteiger partial charge < -0.3 is 5.32 Å². The SMILES string of the molecule is CN1C(=O)CC(NCC(=O)Nc2ccccc2Br)C1=O. The Morgan fingerprint density at radius 1 is 1.40 bits per heavy atom. The molecule has 1 aliphatic heterocycles. The van der Waals surface area contributed by atoms with Crippen LogP contribution in [0.4, 0.5) is 5.69 Å². The monoisotopic (exact) mass is 339 g/mol. The Hall–Kier alpha value is -1.73. The lowest BCUT2D eigenvalue weighted by Gasteiger charge is -2.11. The zero-order valence-electron chi connectivity index (χ0n) is 10.9. The van der Waals surface area contributed by atoms with Crippen molar-refractivity contribution >= 4 is 39.3 Å². The molecule has 1 heterocycles. The van der Waals surface area contributed by atoms with Gasteiger partial charge in [0.05, 0.1) is 24.7 Å². The molecule has 2 rings (SSSR count). The van der Waals surface area contributed by atoms with Crippen molar-refractivity contribution < 1.29 is 14.4 Å². The summed E-state index contributed by atoms with van der Waals surface area (Å²) in [5.41, 5.74) is 0.658. The summed E-state index contributed by atoms with van der Waals surface area (Å²) >= 11 is 3.33. The van der Waals surface area contributed by atoms with Gasteiger partial charge in [0.2, 0.25) is 17.7 Å². The molecule has 7 heteroatoms. The third kappa shape index (κ3) is 3.23. The zero-order chi connectivity index (χ0) is 14.7. The van der Waals surface area contributed by atoms with Crippen LogP contribution in [-0.4, -0.2) is 42.3 Å². The van der Waals surface area contributed by atoms with Gasteiger partial charge in [-0.1, -0.05) is 12.1 Å². The van der Waals surface area contributed by atoms with Gasteiger partial charge >= 0.3 is 0 Å². The van der Waals surface area contributed by atoms with E-state index in [1.807, 2.05) is 18.2 Å². The number of anilines is 1. The van der Waals surface area contributed by atoms with Crippen molar-refractivity contribution in [2.24, 2.45) is 0 Å². The van der Waals surface area contributed by atoms with Crippen molar-refractivity contribution in [3.8, 4) is 0 Å². The molecule has 0 aliphatic carbocycles. The highest BCUT2D eigenvalue weighted by molar-refractivity contribution is 9.10. The first-order valence-corrected chi connectivity index (χ1v) is 6.86. The normalized spacial score (nSPS) is 18.5. The number of nitrogens with one attached hydrogen (secondary N) is 2. The number of amides is 3. The molecule has 0 bridgehead atoms. The van der Waals surface area contributed by atoms with Gasteiger partial charge in [0.25, 0.3) is 0 Å². The summed E-state index contributed by atoms with van der Waals surface area (Å²) in [5, 5.41) is 5.51. The fourth-order valence-electron chi connectivity index (χ4n) is 1.89. The van der Waals surface area contributed by atoms with Crippen molar-refractivity contribution in [2.75, 3.05) is 18.9 Å². The predicted molar refractivity (Wildman–Crippen MR) is 77.0 cm³/mol. The molecule has 0 spiro atoms. The molecular formula is C13H14BrN3O3. The standard InChI is InChI=1S/C13H14BrN3O3/c1-17-12(19)6-10(13(17)20)15-7-11(18)16-9-5-3-2-4-8(9)14/h2-5,10,15H,6-7H2,1H3,(H,16,18). The molecule has 1 saturated heterocycles. The van der Waals surface area contributed by atoms with E-state index in [0.29, 0.717) is 5.69 Å². The van der Waals surface area contributed by atoms with Crippen LogP contribution >= 0.6 is 15.9 Å². The molecular weight excluding hydrogens is 326 g/mol. The number of likely N-dealkylation sites (N-methyl/N-ethyl adjacent to an activating group) is 1. The second-order valence-corrected chi connectivity index (χ2v) is 5.31. The molecule has 1 aliphatic rings. The first kappa shape index (κ1) is 14.7. The van der Waals surface area contributed by atoms with Crippen LogP contribution in [0.1, 0.15) is 6.42 Å². The topological polar surface area (TPSA) is 78.5 Å². The van der Waals surface area contributed by atoms with Crippen LogP contribution in [0.15, 0.2) is 28.7 Å². The number of halogens is 1. The van der Waals surface area contributed by atoms with Gasteiger partial charge in [-0.05, 0) is 28.1 Å². The molecule has 0 radical (unpaired) electrons. The molecule has 1 atom stereocenters. The van der Waals surface area contributed by atoms with Crippen LogP contribution in [-0.2, 0) is 14.4 Å². The molecule has 106 valence electrons. The highest BCUT2D eigenvalue weighted by Crippen LogP contribution is 2.20. The minimum absolute atomic E-state index is 0.0289. The summed E-state index contributed by atoms with van der Waals surface area (Å²) in [6.07, 6.45) is 0.0949. The van der Waals surface area contributed by atoms with Crippen LogP contribution < -0.4 is 10.6 Å². The molecule has 0 aromatic heterocycles. The number of hydrogen-bond acceptors (Lipinski definition) is 4. The molecule has 3 amide bonds. The average molecular weight is 340 g/mol. The van der Waals surface area contributed by atoms with E-state index in [-0.39, 0.29) is 30.7 Å². The van der Waals surface area contributed by atoms with Gasteiger partial charge in [0.15, 0.2) is 0 Å². The molecule has 1 aromatic rings. The summed E-state index contributed by atoms with van der Waals surface area (Å²) < 4.78 is 0.778. The predicted octanol–water partition coefficient (Wildman–Crippen LogP) is 0.734. The van der Waals surface area contributed by atoms with E-state index in [2.05, 4.69) is 26.6 Å². The third-order valence-electron chi connectivity index (χ3n) is 3.04. The highest BCUT2D eigenvalue weighted by atomic mass is 79.9. The minimum Gasteiger partial charge on any atom is -0.324 e. The maximum absolute atomic E-state index is 11.8. The number of hydrogen-bond donors (Lipinski definition) is 2. The summed E-state index contributed by atoms with van der Waals surface area (Å²) in [4.78, 5) is 35.8. The van der Waals surface area contributed by atoms with Crippen molar-refractivity contribution in [2.45, 2.75) is 12.5 Å². The third-order valence-corrected chi connectivity index (χ3v) is 3.73. The lowest BCUT2D eigenvalue weighted by atomic mass is 10.2. The fraction of sp³-hybridized carbons (Fsp3) is 0.308. The molecule has 0 saturated carbocycles. The second kappa shape index (κ2) is 6.15. The Balaban J connectivity index is 1.86. The maximum atomic E-state index is 11.8. The van der Waals surface area contributed by atoms with Gasteiger partial charge in [0, 0.05) is 11.5 Å². The van der Waals surface area contributed by atoms with Gasteiger partial charge in [-0.2, -0.15) is 0 Å². The number of benzene rings is 1. The Morgan fingerprint density at radius 2 is 2.10 bits per heavy atom. The molecule has 6 nitrogen and oxygen atoms in total. The maximum Gasteiger partial charge on any atom is 0.246 e. The number of nitrogens with zero attached hydrogens (tertiary/aromatic N) is 1. The number of likely N-dealkylation sites (tertiary alicyclic amines) is 1. The Morgan fingerprint density at radius 3 is 2.70 bits per heavy atom. The lowest BCUT2D eigenvalue weighted by Crippen LogP contribution is -2.41. The van der Waals surface area contributed by atoms with Crippen LogP contribution in [0.2, 0.25) is 0 Å². The lowest BCUT2D eigenvalue weighted by molar-refractivity contribution is -0.137. The summed E-state index contributed by atoms with van der Waals surface area (Å²) in [6, 6.07) is 6.62. The molecule has 1 unspecified atom stereocenters. The van der Waals surface area contributed by atoms with Crippen LogP contribution in [0.25, 0.3) is 0 Å². The first-order chi connectivity index (χ1) is 9.49. The molecule has 1 fully saturated rings. The van der Waals surface area contributed by atoms with Crippen LogP contribution in [0.5, 0.6) is 0 Å². The molecule has 2 N–H and O–H groups in total. The smallest absolute Gasteiger partial charge is 0.246 e. The van der Waals surface area contributed by atoms with Crippen LogP contribution in [0, 0.1) is 0 Å². The summed E-state index contributed by atoms with van der Waals surface area (Å²) in [6.45, 7) is -0.0289. The quantitative estimate of drug-likeness (QED) is 0.793. The van der Waals surface area contributed by atoms with Crippen molar-refractivity contribution in [1.82, 2.24) is 10.2 Å². The van der Waals surface area contributed by atoms with E-state index in [1.54, 1.807) is 6.07 Å². The Labute approximate surface area is 124 Å². The van der Waals surface area contributed by atoms with E-state index in [1.165, 1.54) is 7.05 Å². The average Bonchev–Trinajstić information content (AvgIpc) is 2.66. The number of carbonyl (C=O) groups is 3. The van der Waals surface area contributed by atoms with E-state index in [9.17, 15) is 14.4 Å². The summed E-state index contributed by atoms with van der Waals surface area (Å²) in [7, 11) is 1.44. The number of carbonyl (C=O) groups excluding carboxylic acids is 3. The number of para-hydroxylation sites is 1. The zero-order valence-corrected chi connectivity index (χ0v) is 12.4. The van der Waals surface area contributed by atoms with Crippen LogP contribution in [0.3, 0.4) is 0 Å². The van der Waals surface area contributed by atoms with E-state index in [4.69, 9.17) is 0 Å². The van der Waals surface area contributed by atoms with E-state index in [0.717, 1.165) is 9.37 Å². The highest BCUT2D eigenvalue weighted by Gasteiger charge is 2.35. The second-order valence-electron chi connectivity index (χ2n) is 4.46. The Bertz CT molecular complexity index is 562. The largest absolute Gasteiger partial charge is 0.324 e. The number of imide groups is 1. The number of rotatable bonds is 4. The fourth-order valence-corrected chi connectivity index (χ4v) is 2.27. The van der Waals surface area contributed by atoms with Gasteiger partial charge in [-0.15, -0.1) is 0 Å². The van der Waals surface area contributed by atoms with Gasteiger partial charge in [-0.3, -0.25) is 24.6 Å². The first-order valence-electron chi connectivity index (χ1n) is 6.07. The van der Waals surface area contributed by atoms with Gasteiger partial charge in [0.1, 0.15) is 0 Å². The van der Waals surface area contributed by atoms with Crippen molar-refractivity contribution in [3.05, 3.63) is 28.7 Å². The molecule has 20 heavy (non-hydrogen) atoms. The summed E-state index contributed by atoms with van der Waals surface area (Å²) in [5.74, 6) is -0.811. The molecule has 1 aromatic carbocycles.